The van der Waals surface area contributed by atoms with Crippen molar-refractivity contribution in [3.05, 3.63) is 29.3 Å². The van der Waals surface area contributed by atoms with Crippen LogP contribution in [0.25, 0.3) is 0 Å². The first-order valence-corrected chi connectivity index (χ1v) is 7.00. The van der Waals surface area contributed by atoms with Crippen molar-refractivity contribution in [2.24, 2.45) is 0 Å². The summed E-state index contributed by atoms with van der Waals surface area (Å²) in [5.41, 5.74) is 0.522. The van der Waals surface area contributed by atoms with Gasteiger partial charge in [-0.3, -0.25) is 14.1 Å². The van der Waals surface area contributed by atoms with Gasteiger partial charge in [-0.2, -0.15) is 8.42 Å². The van der Waals surface area contributed by atoms with Crippen LogP contribution in [0.4, 0.5) is 0 Å². The van der Waals surface area contributed by atoms with Gasteiger partial charge in [-0.1, -0.05) is 12.1 Å². The van der Waals surface area contributed by atoms with Crippen LogP contribution in [-0.4, -0.2) is 24.9 Å². The standard InChI is InChI=1S/C12H14O7S/c1-8(13)18-6-10-3-4-11(7-19-9(2)14)12(5-10)20(15,16)17/h3-5H,6-7H2,1-2H3,(H,15,16,17). The zero-order chi connectivity index (χ0) is 15.3. The minimum Gasteiger partial charge on any atom is -0.461 e. The van der Waals surface area contributed by atoms with E-state index in [0.717, 1.165) is 6.07 Å². The largest absolute Gasteiger partial charge is 0.461 e. The van der Waals surface area contributed by atoms with Gasteiger partial charge in [0.15, 0.2) is 0 Å². The summed E-state index contributed by atoms with van der Waals surface area (Å²) in [4.78, 5) is 21.0. The fraction of sp³-hybridized carbons (Fsp3) is 0.333. The maximum absolute atomic E-state index is 11.3. The van der Waals surface area contributed by atoms with E-state index in [1.807, 2.05) is 0 Å². The van der Waals surface area contributed by atoms with E-state index in [2.05, 4.69) is 0 Å². The second-order valence-electron chi connectivity index (χ2n) is 3.98. The van der Waals surface area contributed by atoms with Crippen LogP contribution in [0.5, 0.6) is 0 Å². The molecule has 0 amide bonds. The van der Waals surface area contributed by atoms with Gasteiger partial charge in [0.1, 0.15) is 18.1 Å². The normalized spacial score (nSPS) is 10.9. The average molecular weight is 302 g/mol. The highest BCUT2D eigenvalue weighted by atomic mass is 32.2. The van der Waals surface area contributed by atoms with Crippen molar-refractivity contribution >= 4 is 22.1 Å². The van der Waals surface area contributed by atoms with E-state index in [1.165, 1.54) is 26.0 Å². The lowest BCUT2D eigenvalue weighted by atomic mass is 10.1. The summed E-state index contributed by atoms with van der Waals surface area (Å²) in [5.74, 6) is -1.09. The third-order valence-corrected chi connectivity index (χ3v) is 3.22. The van der Waals surface area contributed by atoms with E-state index >= 15 is 0 Å². The predicted molar refractivity (Wildman–Crippen MR) is 67.2 cm³/mol. The van der Waals surface area contributed by atoms with Crippen molar-refractivity contribution in [1.82, 2.24) is 0 Å². The van der Waals surface area contributed by atoms with Gasteiger partial charge >= 0.3 is 11.9 Å². The van der Waals surface area contributed by atoms with Gasteiger partial charge in [-0.15, -0.1) is 0 Å². The Balaban J connectivity index is 3.07. The van der Waals surface area contributed by atoms with Crippen molar-refractivity contribution in [1.29, 1.82) is 0 Å². The van der Waals surface area contributed by atoms with Crippen LogP contribution in [-0.2, 0) is 42.4 Å². The summed E-state index contributed by atoms with van der Waals surface area (Å²) in [5, 5.41) is 0. The topological polar surface area (TPSA) is 107 Å². The van der Waals surface area contributed by atoms with E-state index in [9.17, 15) is 18.0 Å². The molecule has 8 heteroatoms. The molecular weight excluding hydrogens is 288 g/mol. The van der Waals surface area contributed by atoms with Crippen molar-refractivity contribution in [2.75, 3.05) is 0 Å². The summed E-state index contributed by atoms with van der Waals surface area (Å²) in [6, 6.07) is 4.05. The van der Waals surface area contributed by atoms with E-state index < -0.39 is 22.1 Å². The lowest BCUT2D eigenvalue weighted by Crippen LogP contribution is -2.08. The number of hydrogen-bond acceptors (Lipinski definition) is 6. The second-order valence-corrected chi connectivity index (χ2v) is 5.37. The smallest absolute Gasteiger partial charge is 0.302 e. The van der Waals surface area contributed by atoms with E-state index in [-0.39, 0.29) is 23.7 Å². The Hall–Kier alpha value is -1.93. The Morgan fingerprint density at radius 1 is 1.10 bits per heavy atom. The third kappa shape index (κ3) is 4.98. The highest BCUT2D eigenvalue weighted by Crippen LogP contribution is 2.19. The van der Waals surface area contributed by atoms with Crippen molar-refractivity contribution in [2.45, 2.75) is 32.0 Å². The number of hydrogen-bond donors (Lipinski definition) is 1. The number of carbonyl (C=O) groups excluding carboxylic acids is 2. The number of rotatable bonds is 5. The Morgan fingerprint density at radius 3 is 2.15 bits per heavy atom. The average Bonchev–Trinajstić information content (AvgIpc) is 2.33. The van der Waals surface area contributed by atoms with Gasteiger partial charge in [0, 0.05) is 19.4 Å². The molecule has 0 atom stereocenters. The lowest BCUT2D eigenvalue weighted by Gasteiger charge is -2.10. The van der Waals surface area contributed by atoms with Gasteiger partial charge in [-0.05, 0) is 11.6 Å². The number of carbonyl (C=O) groups is 2. The van der Waals surface area contributed by atoms with Gasteiger partial charge in [0.25, 0.3) is 10.1 Å². The zero-order valence-electron chi connectivity index (χ0n) is 11.0. The molecule has 1 N–H and O–H groups in total. The molecule has 7 nitrogen and oxygen atoms in total. The Bertz CT molecular complexity index is 619. The van der Waals surface area contributed by atoms with Crippen LogP contribution >= 0.6 is 0 Å². The zero-order valence-corrected chi connectivity index (χ0v) is 11.8. The van der Waals surface area contributed by atoms with Gasteiger partial charge in [0.2, 0.25) is 0 Å². The Labute approximate surface area is 116 Å². The van der Waals surface area contributed by atoms with Gasteiger partial charge < -0.3 is 9.47 Å². The van der Waals surface area contributed by atoms with Crippen molar-refractivity contribution < 1.29 is 32.0 Å². The fourth-order valence-corrected chi connectivity index (χ4v) is 2.17. The first kappa shape index (κ1) is 16.1. The summed E-state index contributed by atoms with van der Waals surface area (Å²) in [6.07, 6.45) is 0. The molecule has 0 aliphatic rings. The monoisotopic (exact) mass is 302 g/mol. The van der Waals surface area contributed by atoms with E-state index in [0.29, 0.717) is 5.56 Å². The summed E-state index contributed by atoms with van der Waals surface area (Å²) < 4.78 is 41.2. The molecule has 0 aromatic heterocycles. The fourth-order valence-electron chi connectivity index (χ4n) is 1.41. The molecule has 0 bridgehead atoms. The lowest BCUT2D eigenvalue weighted by molar-refractivity contribution is -0.143. The molecule has 0 unspecified atom stereocenters. The van der Waals surface area contributed by atoms with E-state index in [1.54, 1.807) is 0 Å². The van der Waals surface area contributed by atoms with Crippen LogP contribution in [0.3, 0.4) is 0 Å². The summed E-state index contributed by atoms with van der Waals surface area (Å²) in [7, 11) is -4.47. The minimum absolute atomic E-state index is 0.119. The van der Waals surface area contributed by atoms with Crippen LogP contribution in [0, 0.1) is 0 Å². The molecule has 0 spiro atoms. The maximum Gasteiger partial charge on any atom is 0.302 e. The molecule has 0 saturated carbocycles. The molecule has 110 valence electrons. The Morgan fingerprint density at radius 2 is 1.65 bits per heavy atom. The highest BCUT2D eigenvalue weighted by molar-refractivity contribution is 7.85. The maximum atomic E-state index is 11.3. The van der Waals surface area contributed by atoms with Crippen LogP contribution in [0.15, 0.2) is 23.1 Å². The third-order valence-electron chi connectivity index (χ3n) is 2.28. The van der Waals surface area contributed by atoms with Crippen LogP contribution < -0.4 is 0 Å². The van der Waals surface area contributed by atoms with E-state index in [4.69, 9.17) is 14.0 Å². The molecule has 0 radical (unpaired) electrons. The van der Waals surface area contributed by atoms with Crippen molar-refractivity contribution in [3.8, 4) is 0 Å². The molecule has 20 heavy (non-hydrogen) atoms. The molecular formula is C12H14O7S. The predicted octanol–water partition coefficient (Wildman–Crippen LogP) is 1.06. The quantitative estimate of drug-likeness (QED) is 0.640. The number of benzene rings is 1. The van der Waals surface area contributed by atoms with Gasteiger partial charge in [-0.25, -0.2) is 0 Å². The molecule has 0 saturated heterocycles. The van der Waals surface area contributed by atoms with Crippen molar-refractivity contribution in [3.63, 3.8) is 0 Å². The number of ether oxygens (including phenoxy) is 2. The first-order chi connectivity index (χ1) is 9.20. The molecule has 1 rings (SSSR count). The molecule has 1 aromatic rings. The highest BCUT2D eigenvalue weighted by Gasteiger charge is 2.17. The van der Waals surface area contributed by atoms with Crippen LogP contribution in [0.1, 0.15) is 25.0 Å². The molecule has 0 aliphatic carbocycles. The number of esters is 2. The molecule has 0 heterocycles. The molecule has 1 aromatic carbocycles. The molecule has 0 aliphatic heterocycles. The Kier molecular flexibility index (Phi) is 5.23. The van der Waals surface area contributed by atoms with Gasteiger partial charge in [0.05, 0.1) is 0 Å². The minimum atomic E-state index is -4.47. The molecule has 0 fully saturated rings. The summed E-state index contributed by atoms with van der Waals surface area (Å²) in [6.45, 7) is 2.00. The summed E-state index contributed by atoms with van der Waals surface area (Å²) >= 11 is 0. The second kappa shape index (κ2) is 6.49. The first-order valence-electron chi connectivity index (χ1n) is 5.56. The SMILES string of the molecule is CC(=O)OCc1ccc(COC(C)=O)c(S(=O)(=O)O)c1. The van der Waals surface area contributed by atoms with Crippen LogP contribution in [0.2, 0.25) is 0 Å².